The van der Waals surface area contributed by atoms with Gasteiger partial charge in [0.2, 0.25) is 0 Å². The lowest BCUT2D eigenvalue weighted by Crippen LogP contribution is -2.34. The number of benzene rings is 2. The van der Waals surface area contributed by atoms with Gasteiger partial charge in [0.05, 0.1) is 6.61 Å². The fraction of sp³-hybridized carbons (Fsp3) is 0.381. The molecule has 0 radical (unpaired) electrons. The second-order valence-corrected chi connectivity index (χ2v) is 7.07. The first kappa shape index (κ1) is 18.5. The maximum Gasteiger partial charge on any atom is 0.303 e. The highest BCUT2D eigenvalue weighted by atomic mass is 19.1. The summed E-state index contributed by atoms with van der Waals surface area (Å²) in [5.41, 5.74) is 0.875. The quantitative estimate of drug-likeness (QED) is 0.710. The number of carboxylic acids is 1. The molecule has 0 unspecified atom stereocenters. The van der Waals surface area contributed by atoms with Gasteiger partial charge in [-0.3, -0.25) is 4.79 Å². The van der Waals surface area contributed by atoms with E-state index in [1.165, 1.54) is 12.1 Å². The van der Waals surface area contributed by atoms with E-state index >= 15 is 0 Å². The van der Waals surface area contributed by atoms with Crippen LogP contribution in [0.2, 0.25) is 0 Å². The molecule has 28 heavy (non-hydrogen) atoms. The van der Waals surface area contributed by atoms with E-state index in [-0.39, 0.29) is 19.4 Å². The molecule has 2 aliphatic rings. The van der Waals surface area contributed by atoms with Gasteiger partial charge in [0.25, 0.3) is 5.79 Å². The molecular formula is C21H20F2O5. The van der Waals surface area contributed by atoms with Crippen LogP contribution < -0.4 is 14.2 Å². The fourth-order valence-corrected chi connectivity index (χ4v) is 3.70. The molecule has 2 aromatic rings. The number of hydrogen-bond donors (Lipinski definition) is 1. The van der Waals surface area contributed by atoms with Crippen LogP contribution in [0.3, 0.4) is 0 Å². The normalized spacial score (nSPS) is 16.5. The van der Waals surface area contributed by atoms with Crippen molar-refractivity contribution in [2.24, 2.45) is 0 Å². The van der Waals surface area contributed by atoms with Crippen LogP contribution in [-0.2, 0) is 4.79 Å². The van der Waals surface area contributed by atoms with E-state index < -0.39 is 29.1 Å². The van der Waals surface area contributed by atoms with Gasteiger partial charge < -0.3 is 19.3 Å². The molecule has 1 aliphatic carbocycles. The first-order valence-electron chi connectivity index (χ1n) is 9.32. The van der Waals surface area contributed by atoms with E-state index in [0.29, 0.717) is 22.6 Å². The highest BCUT2D eigenvalue weighted by Crippen LogP contribution is 2.51. The molecule has 5 nitrogen and oxygen atoms in total. The zero-order valence-electron chi connectivity index (χ0n) is 15.2. The van der Waals surface area contributed by atoms with Crippen LogP contribution >= 0.6 is 0 Å². The SMILES string of the molecule is O=C(O)CCCOc1c(F)cc(-c2cccc3c2OC2(CCCC2)O3)cc1F. The van der Waals surface area contributed by atoms with Gasteiger partial charge in [-0.2, -0.15) is 0 Å². The summed E-state index contributed by atoms with van der Waals surface area (Å²) >= 11 is 0. The Labute approximate surface area is 160 Å². The molecule has 2 aromatic carbocycles. The van der Waals surface area contributed by atoms with Gasteiger partial charge in [-0.1, -0.05) is 12.1 Å². The zero-order chi connectivity index (χ0) is 19.7. The molecule has 7 heteroatoms. The topological polar surface area (TPSA) is 65.0 Å². The van der Waals surface area contributed by atoms with Crippen LogP contribution in [0.15, 0.2) is 30.3 Å². The monoisotopic (exact) mass is 390 g/mol. The number of halogens is 2. The number of hydrogen-bond acceptors (Lipinski definition) is 4. The van der Waals surface area contributed by atoms with E-state index in [9.17, 15) is 13.6 Å². The third kappa shape index (κ3) is 3.48. The Balaban J connectivity index is 1.58. The standard InChI is InChI=1S/C21H20F2O5/c22-15-11-13(12-16(23)20(15)26-10-4-7-18(24)25)14-5-3-6-17-19(14)28-21(27-17)8-1-2-9-21/h3,5-6,11-12H,1-2,4,7-10H2,(H,24,25). The highest BCUT2D eigenvalue weighted by Gasteiger charge is 2.45. The Bertz CT molecular complexity index is 883. The largest absolute Gasteiger partial charge is 0.488 e. The van der Waals surface area contributed by atoms with Crippen molar-refractivity contribution in [2.45, 2.75) is 44.3 Å². The lowest BCUT2D eigenvalue weighted by Gasteiger charge is -2.21. The van der Waals surface area contributed by atoms with Crippen molar-refractivity contribution in [1.82, 2.24) is 0 Å². The fourth-order valence-electron chi connectivity index (χ4n) is 3.70. The molecule has 1 N–H and O–H groups in total. The molecule has 0 aromatic heterocycles. The van der Waals surface area contributed by atoms with Crippen molar-refractivity contribution in [2.75, 3.05) is 6.61 Å². The minimum absolute atomic E-state index is 0.0836. The van der Waals surface area contributed by atoms with Crippen molar-refractivity contribution in [1.29, 1.82) is 0 Å². The number of aliphatic carboxylic acids is 1. The van der Waals surface area contributed by atoms with E-state index in [2.05, 4.69) is 0 Å². The predicted octanol–water partition coefficient (Wildman–Crippen LogP) is 4.92. The number of carboxylic acid groups (broad SMARTS) is 1. The van der Waals surface area contributed by atoms with Gasteiger partial charge in [-0.15, -0.1) is 0 Å². The smallest absolute Gasteiger partial charge is 0.303 e. The van der Waals surface area contributed by atoms with Crippen LogP contribution in [-0.4, -0.2) is 23.5 Å². The van der Waals surface area contributed by atoms with Crippen molar-refractivity contribution < 1.29 is 32.9 Å². The van der Waals surface area contributed by atoms with Gasteiger partial charge >= 0.3 is 5.97 Å². The van der Waals surface area contributed by atoms with E-state index in [1.54, 1.807) is 18.2 Å². The molecule has 1 heterocycles. The minimum atomic E-state index is -0.986. The maximum atomic E-state index is 14.5. The second-order valence-electron chi connectivity index (χ2n) is 7.07. The van der Waals surface area contributed by atoms with Gasteiger partial charge in [0.1, 0.15) is 0 Å². The Morgan fingerprint density at radius 3 is 2.54 bits per heavy atom. The highest BCUT2D eigenvalue weighted by molar-refractivity contribution is 5.75. The van der Waals surface area contributed by atoms with Crippen molar-refractivity contribution >= 4 is 5.97 Å². The molecule has 1 spiro atoms. The van der Waals surface area contributed by atoms with Crippen LogP contribution in [0.4, 0.5) is 8.78 Å². The zero-order valence-corrected chi connectivity index (χ0v) is 15.2. The minimum Gasteiger partial charge on any atom is -0.488 e. The van der Waals surface area contributed by atoms with Gasteiger partial charge in [-0.05, 0) is 43.0 Å². The number of carbonyl (C=O) groups is 1. The molecule has 0 saturated heterocycles. The predicted molar refractivity (Wildman–Crippen MR) is 96.6 cm³/mol. The molecule has 1 saturated carbocycles. The molecular weight excluding hydrogens is 370 g/mol. The van der Waals surface area contributed by atoms with E-state index in [4.69, 9.17) is 19.3 Å². The Morgan fingerprint density at radius 2 is 1.86 bits per heavy atom. The molecule has 1 fully saturated rings. The number of fused-ring (bicyclic) bond motifs is 1. The lowest BCUT2D eigenvalue weighted by atomic mass is 10.0. The summed E-state index contributed by atoms with van der Waals surface area (Å²) in [6, 6.07) is 7.66. The molecule has 0 bridgehead atoms. The maximum absolute atomic E-state index is 14.5. The third-order valence-electron chi connectivity index (χ3n) is 5.02. The first-order valence-corrected chi connectivity index (χ1v) is 9.32. The second kappa shape index (κ2) is 7.30. The average Bonchev–Trinajstić information content (AvgIpc) is 3.25. The molecule has 0 amide bonds. The van der Waals surface area contributed by atoms with Crippen molar-refractivity contribution in [3.05, 3.63) is 42.0 Å². The van der Waals surface area contributed by atoms with E-state index in [0.717, 1.165) is 25.7 Å². The molecule has 148 valence electrons. The first-order chi connectivity index (χ1) is 13.5. The average molecular weight is 390 g/mol. The summed E-state index contributed by atoms with van der Waals surface area (Å²) in [5, 5.41) is 8.61. The summed E-state index contributed by atoms with van der Waals surface area (Å²) in [4.78, 5) is 10.5. The van der Waals surface area contributed by atoms with Gasteiger partial charge in [-0.25, -0.2) is 8.78 Å². The molecule has 0 atom stereocenters. The number of rotatable bonds is 6. The van der Waals surface area contributed by atoms with Crippen LogP contribution in [0, 0.1) is 11.6 Å². The summed E-state index contributed by atoms with van der Waals surface area (Å²) in [6.07, 6.45) is 3.63. The van der Waals surface area contributed by atoms with Crippen molar-refractivity contribution in [3.63, 3.8) is 0 Å². The number of para-hydroxylation sites is 1. The lowest BCUT2D eigenvalue weighted by molar-refractivity contribution is -0.137. The van der Waals surface area contributed by atoms with Crippen LogP contribution in [0.1, 0.15) is 38.5 Å². The molecule has 4 rings (SSSR count). The van der Waals surface area contributed by atoms with Crippen LogP contribution in [0.25, 0.3) is 11.1 Å². The van der Waals surface area contributed by atoms with Gasteiger partial charge in [0, 0.05) is 24.8 Å². The Morgan fingerprint density at radius 1 is 1.14 bits per heavy atom. The Kier molecular flexibility index (Phi) is 4.83. The Hall–Kier alpha value is -2.83. The third-order valence-corrected chi connectivity index (χ3v) is 5.02. The van der Waals surface area contributed by atoms with Crippen LogP contribution in [0.5, 0.6) is 17.2 Å². The van der Waals surface area contributed by atoms with Gasteiger partial charge in [0.15, 0.2) is 28.9 Å². The summed E-state index contributed by atoms with van der Waals surface area (Å²) < 4.78 is 46.2. The summed E-state index contributed by atoms with van der Waals surface area (Å²) in [5.74, 6) is -2.78. The number of ether oxygens (including phenoxy) is 3. The van der Waals surface area contributed by atoms with Crippen molar-refractivity contribution in [3.8, 4) is 28.4 Å². The van der Waals surface area contributed by atoms with E-state index in [1.807, 2.05) is 0 Å². The summed E-state index contributed by atoms with van der Waals surface area (Å²) in [6.45, 7) is -0.0836. The molecule has 1 aliphatic heterocycles. The summed E-state index contributed by atoms with van der Waals surface area (Å²) in [7, 11) is 0.